The Kier molecular flexibility index (Phi) is 4.53. The molecule has 0 unspecified atom stereocenters. The van der Waals surface area contributed by atoms with E-state index >= 15 is 0 Å². The van der Waals surface area contributed by atoms with E-state index in [4.69, 9.17) is 0 Å². The number of pyridine rings is 1. The molecule has 2 rings (SSSR count). The van der Waals surface area contributed by atoms with Gasteiger partial charge >= 0.3 is 0 Å². The zero-order valence-corrected chi connectivity index (χ0v) is 12.6. The van der Waals surface area contributed by atoms with E-state index in [1.54, 1.807) is 12.3 Å². The quantitative estimate of drug-likeness (QED) is 0.846. The lowest BCUT2D eigenvalue weighted by atomic mass is 10.1. The van der Waals surface area contributed by atoms with E-state index in [1.807, 2.05) is 37.1 Å². The predicted octanol–water partition coefficient (Wildman–Crippen LogP) is 3.97. The van der Waals surface area contributed by atoms with Crippen LogP contribution in [0.15, 0.2) is 41.0 Å². The van der Waals surface area contributed by atoms with Crippen LogP contribution in [0.1, 0.15) is 11.1 Å². The maximum absolute atomic E-state index is 13.5. The molecule has 0 aliphatic carbocycles. The number of rotatable bonds is 4. The van der Waals surface area contributed by atoms with E-state index in [2.05, 4.69) is 20.9 Å². The summed E-state index contributed by atoms with van der Waals surface area (Å²) in [6.45, 7) is 2.76. The van der Waals surface area contributed by atoms with Gasteiger partial charge in [0.25, 0.3) is 0 Å². The molecule has 0 saturated carbocycles. The van der Waals surface area contributed by atoms with Crippen molar-refractivity contribution in [3.63, 3.8) is 0 Å². The number of hydrogen-bond donors (Lipinski definition) is 0. The summed E-state index contributed by atoms with van der Waals surface area (Å²) in [6.07, 6.45) is 2.46. The largest absolute Gasteiger partial charge is 0.359 e. The first-order valence-electron chi connectivity index (χ1n) is 6.14. The number of likely N-dealkylation sites (N-methyl/N-ethyl adjacent to an activating group) is 1. The summed E-state index contributed by atoms with van der Waals surface area (Å²) in [5.41, 5.74) is 1.88. The lowest BCUT2D eigenvalue weighted by Gasteiger charge is -2.19. The van der Waals surface area contributed by atoms with Gasteiger partial charge in [-0.2, -0.15) is 0 Å². The standard InChI is InChI=1S/C15H16BrFN2/c1-11-9-15(18-10-13(11)16)19(2)8-7-12-5-3-4-6-14(12)17/h3-6,9-10H,7-8H2,1-2H3. The van der Waals surface area contributed by atoms with Crippen LogP contribution in [0.25, 0.3) is 0 Å². The molecule has 0 spiro atoms. The highest BCUT2D eigenvalue weighted by atomic mass is 79.9. The molecular weight excluding hydrogens is 307 g/mol. The van der Waals surface area contributed by atoms with Gasteiger partial charge in [0.05, 0.1) is 0 Å². The van der Waals surface area contributed by atoms with Crippen LogP contribution in [0, 0.1) is 12.7 Å². The van der Waals surface area contributed by atoms with Gasteiger partial charge in [-0.05, 0) is 52.5 Å². The molecule has 1 aromatic carbocycles. The first kappa shape index (κ1) is 14.0. The normalized spacial score (nSPS) is 10.5. The Balaban J connectivity index is 2.03. The smallest absolute Gasteiger partial charge is 0.128 e. The molecule has 1 aromatic heterocycles. The number of aryl methyl sites for hydroxylation is 1. The van der Waals surface area contributed by atoms with Gasteiger partial charge in [0.1, 0.15) is 11.6 Å². The van der Waals surface area contributed by atoms with E-state index < -0.39 is 0 Å². The molecular formula is C15H16BrFN2. The summed E-state index contributed by atoms with van der Waals surface area (Å²) in [6, 6.07) is 8.91. The summed E-state index contributed by atoms with van der Waals surface area (Å²) in [7, 11) is 1.97. The number of halogens is 2. The van der Waals surface area contributed by atoms with Crippen LogP contribution >= 0.6 is 15.9 Å². The van der Waals surface area contributed by atoms with Gasteiger partial charge in [0.15, 0.2) is 0 Å². The molecule has 0 saturated heterocycles. The average Bonchev–Trinajstić information content (AvgIpc) is 2.40. The number of nitrogens with zero attached hydrogens (tertiary/aromatic N) is 2. The molecule has 4 heteroatoms. The predicted molar refractivity (Wildman–Crippen MR) is 80.0 cm³/mol. The SMILES string of the molecule is Cc1cc(N(C)CCc2ccccc2F)ncc1Br. The summed E-state index contributed by atoms with van der Waals surface area (Å²) >= 11 is 3.43. The molecule has 0 atom stereocenters. The first-order chi connectivity index (χ1) is 9.08. The Morgan fingerprint density at radius 3 is 2.74 bits per heavy atom. The van der Waals surface area contributed by atoms with Crippen LogP contribution in [-0.4, -0.2) is 18.6 Å². The van der Waals surface area contributed by atoms with Crippen LogP contribution in [0.4, 0.5) is 10.2 Å². The van der Waals surface area contributed by atoms with Crippen molar-refractivity contribution in [2.45, 2.75) is 13.3 Å². The van der Waals surface area contributed by atoms with Gasteiger partial charge in [0.2, 0.25) is 0 Å². The third-order valence-corrected chi connectivity index (χ3v) is 3.93. The van der Waals surface area contributed by atoms with Crippen molar-refractivity contribution in [3.05, 3.63) is 57.9 Å². The summed E-state index contributed by atoms with van der Waals surface area (Å²) < 4.78 is 14.5. The molecule has 2 aromatic rings. The lowest BCUT2D eigenvalue weighted by Crippen LogP contribution is -2.21. The third-order valence-electron chi connectivity index (χ3n) is 3.10. The van der Waals surface area contributed by atoms with Crippen LogP contribution < -0.4 is 4.90 Å². The minimum atomic E-state index is -0.143. The van der Waals surface area contributed by atoms with Crippen LogP contribution in [-0.2, 0) is 6.42 Å². The van der Waals surface area contributed by atoms with Crippen molar-refractivity contribution in [3.8, 4) is 0 Å². The Morgan fingerprint density at radius 2 is 2.05 bits per heavy atom. The molecule has 1 heterocycles. The van der Waals surface area contributed by atoms with Gasteiger partial charge < -0.3 is 4.90 Å². The van der Waals surface area contributed by atoms with E-state index in [1.165, 1.54) is 6.07 Å². The second-order valence-corrected chi connectivity index (χ2v) is 5.41. The summed E-state index contributed by atoms with van der Waals surface area (Å²) in [4.78, 5) is 6.39. The molecule has 0 N–H and O–H groups in total. The molecule has 0 bridgehead atoms. The van der Waals surface area contributed by atoms with Gasteiger partial charge in [-0.25, -0.2) is 9.37 Å². The van der Waals surface area contributed by atoms with Gasteiger partial charge in [-0.15, -0.1) is 0 Å². The van der Waals surface area contributed by atoms with Crippen molar-refractivity contribution >= 4 is 21.7 Å². The highest BCUT2D eigenvalue weighted by Gasteiger charge is 2.06. The average molecular weight is 323 g/mol. The summed E-state index contributed by atoms with van der Waals surface area (Å²) in [5, 5.41) is 0. The first-order valence-corrected chi connectivity index (χ1v) is 6.94. The monoisotopic (exact) mass is 322 g/mol. The van der Waals surface area contributed by atoms with Crippen molar-refractivity contribution in [1.82, 2.24) is 4.98 Å². The molecule has 0 radical (unpaired) electrons. The van der Waals surface area contributed by atoms with Crippen LogP contribution in [0.5, 0.6) is 0 Å². The Hall–Kier alpha value is -1.42. The maximum atomic E-state index is 13.5. The molecule has 0 aliphatic heterocycles. The Bertz CT molecular complexity index is 572. The van der Waals surface area contributed by atoms with Gasteiger partial charge in [-0.1, -0.05) is 18.2 Å². The van der Waals surface area contributed by atoms with Crippen LogP contribution in [0.2, 0.25) is 0 Å². The van der Waals surface area contributed by atoms with E-state index in [0.29, 0.717) is 6.42 Å². The van der Waals surface area contributed by atoms with Crippen LogP contribution in [0.3, 0.4) is 0 Å². The fraction of sp³-hybridized carbons (Fsp3) is 0.267. The number of benzene rings is 1. The van der Waals surface area contributed by atoms with Crippen molar-refractivity contribution < 1.29 is 4.39 Å². The topological polar surface area (TPSA) is 16.1 Å². The Morgan fingerprint density at radius 1 is 1.32 bits per heavy atom. The number of hydrogen-bond acceptors (Lipinski definition) is 2. The molecule has 2 nitrogen and oxygen atoms in total. The minimum absolute atomic E-state index is 0.143. The number of aromatic nitrogens is 1. The second kappa shape index (κ2) is 6.15. The Labute approximate surface area is 121 Å². The van der Waals surface area contributed by atoms with E-state index in [0.717, 1.165) is 28.0 Å². The molecule has 0 amide bonds. The number of anilines is 1. The van der Waals surface area contributed by atoms with Crippen molar-refractivity contribution in [1.29, 1.82) is 0 Å². The van der Waals surface area contributed by atoms with Gasteiger partial charge in [0, 0.05) is 24.3 Å². The second-order valence-electron chi connectivity index (χ2n) is 4.55. The van der Waals surface area contributed by atoms with Crippen molar-refractivity contribution in [2.24, 2.45) is 0 Å². The zero-order valence-electron chi connectivity index (χ0n) is 11.0. The fourth-order valence-electron chi connectivity index (χ4n) is 1.84. The van der Waals surface area contributed by atoms with E-state index in [9.17, 15) is 4.39 Å². The molecule has 19 heavy (non-hydrogen) atoms. The fourth-order valence-corrected chi connectivity index (χ4v) is 2.05. The highest BCUT2D eigenvalue weighted by Crippen LogP contribution is 2.19. The zero-order chi connectivity index (χ0) is 13.8. The van der Waals surface area contributed by atoms with Gasteiger partial charge in [-0.3, -0.25) is 0 Å². The third kappa shape index (κ3) is 3.53. The summed E-state index contributed by atoms with van der Waals surface area (Å²) in [5.74, 6) is 0.757. The van der Waals surface area contributed by atoms with E-state index in [-0.39, 0.29) is 5.82 Å². The lowest BCUT2D eigenvalue weighted by molar-refractivity contribution is 0.608. The molecule has 0 aliphatic rings. The van der Waals surface area contributed by atoms with Crippen molar-refractivity contribution in [2.75, 3.05) is 18.5 Å². The minimum Gasteiger partial charge on any atom is -0.359 e. The molecule has 0 fully saturated rings. The maximum Gasteiger partial charge on any atom is 0.128 e. The highest BCUT2D eigenvalue weighted by molar-refractivity contribution is 9.10. The molecule has 100 valence electrons.